The van der Waals surface area contributed by atoms with Crippen molar-refractivity contribution in [3.63, 3.8) is 0 Å². The number of hydrogen-bond acceptors (Lipinski definition) is 1. The molecule has 0 saturated carbocycles. The van der Waals surface area contributed by atoms with Gasteiger partial charge in [0.2, 0.25) is 0 Å². The van der Waals surface area contributed by atoms with Crippen molar-refractivity contribution >= 4 is 18.2 Å². The molecule has 140 valence electrons. The van der Waals surface area contributed by atoms with Gasteiger partial charge in [0.25, 0.3) is 0 Å². The molecule has 0 atom stereocenters. The zero-order valence-corrected chi connectivity index (χ0v) is 16.2. The van der Waals surface area contributed by atoms with Gasteiger partial charge in [-0.25, -0.2) is 0 Å². The number of rotatable bonds is 9. The maximum Gasteiger partial charge on any atom is 0.0173 e. The Bertz CT molecular complexity index is 755. The molecule has 0 amide bonds. The molecule has 0 N–H and O–H groups in total. The Morgan fingerprint density at radius 2 is 0.714 bits per heavy atom. The molecule has 0 spiro atoms. The topological polar surface area (TPSA) is 3.24 Å². The number of nitrogens with zero attached hydrogens (tertiary/aromatic N) is 1. The third-order valence-electron chi connectivity index (χ3n) is 4.42. The van der Waals surface area contributed by atoms with Crippen LogP contribution in [0.1, 0.15) is 16.7 Å². The summed E-state index contributed by atoms with van der Waals surface area (Å²) >= 11 is 0. The summed E-state index contributed by atoms with van der Waals surface area (Å²) in [5.74, 6) is 0. The third-order valence-corrected chi connectivity index (χ3v) is 4.42. The zero-order chi connectivity index (χ0) is 19.3. The van der Waals surface area contributed by atoms with E-state index >= 15 is 0 Å². The molecule has 3 aromatic carbocycles. The summed E-state index contributed by atoms with van der Waals surface area (Å²) in [5.41, 5.74) is 3.71. The standard InChI is InChI=1S/C27H27N/c1-4-13-25(14-5-1)19-10-22-28(23-11-20-26-15-6-2-7-16-26)24-12-21-27-17-8-3-9-18-27/h1-21H,22-24H2. The van der Waals surface area contributed by atoms with E-state index in [1.54, 1.807) is 0 Å². The monoisotopic (exact) mass is 365 g/mol. The number of hydrogen-bond donors (Lipinski definition) is 0. The van der Waals surface area contributed by atoms with Crippen LogP contribution in [-0.4, -0.2) is 24.5 Å². The predicted octanol–water partition coefficient (Wildman–Crippen LogP) is 6.43. The summed E-state index contributed by atoms with van der Waals surface area (Å²) in [6.07, 6.45) is 13.3. The molecule has 0 aliphatic rings. The SMILES string of the molecule is C(=Cc1ccccc1)CN(CC=Cc1ccccc1)CC=Cc1ccccc1. The van der Waals surface area contributed by atoms with Crippen molar-refractivity contribution in [2.75, 3.05) is 19.6 Å². The Hall–Kier alpha value is -3.16. The van der Waals surface area contributed by atoms with Crippen LogP contribution >= 0.6 is 0 Å². The summed E-state index contributed by atoms with van der Waals surface area (Å²) in [7, 11) is 0. The van der Waals surface area contributed by atoms with Crippen molar-refractivity contribution < 1.29 is 0 Å². The fraction of sp³-hybridized carbons (Fsp3) is 0.111. The van der Waals surface area contributed by atoms with E-state index in [-0.39, 0.29) is 0 Å². The second-order valence-electron chi connectivity index (χ2n) is 6.66. The summed E-state index contributed by atoms with van der Waals surface area (Å²) in [5, 5.41) is 0. The molecule has 28 heavy (non-hydrogen) atoms. The van der Waals surface area contributed by atoms with E-state index in [9.17, 15) is 0 Å². The van der Waals surface area contributed by atoms with E-state index in [2.05, 4.69) is 114 Å². The average molecular weight is 366 g/mol. The van der Waals surface area contributed by atoms with Crippen LogP contribution in [0, 0.1) is 0 Å². The molecule has 1 heteroatoms. The van der Waals surface area contributed by atoms with Gasteiger partial charge in [0.1, 0.15) is 0 Å². The second kappa shape index (κ2) is 11.5. The zero-order valence-electron chi connectivity index (χ0n) is 16.2. The second-order valence-corrected chi connectivity index (χ2v) is 6.66. The minimum Gasteiger partial charge on any atom is -0.292 e. The number of benzene rings is 3. The van der Waals surface area contributed by atoms with Gasteiger partial charge in [-0.05, 0) is 16.7 Å². The summed E-state index contributed by atoms with van der Waals surface area (Å²) in [6.45, 7) is 2.73. The van der Waals surface area contributed by atoms with E-state index in [0.29, 0.717) is 0 Å². The van der Waals surface area contributed by atoms with Gasteiger partial charge in [-0.15, -0.1) is 0 Å². The molecule has 0 saturated heterocycles. The molecule has 0 heterocycles. The van der Waals surface area contributed by atoms with Crippen LogP contribution in [-0.2, 0) is 0 Å². The molecule has 1 nitrogen and oxygen atoms in total. The van der Waals surface area contributed by atoms with E-state index < -0.39 is 0 Å². The lowest BCUT2D eigenvalue weighted by atomic mass is 10.2. The molecule has 0 aliphatic heterocycles. The van der Waals surface area contributed by atoms with Crippen molar-refractivity contribution in [3.05, 3.63) is 126 Å². The first-order valence-electron chi connectivity index (χ1n) is 9.77. The van der Waals surface area contributed by atoms with Gasteiger partial charge in [-0.1, -0.05) is 127 Å². The molecule has 0 aromatic heterocycles. The quantitative estimate of drug-likeness (QED) is 0.422. The molecule has 0 unspecified atom stereocenters. The van der Waals surface area contributed by atoms with Crippen LogP contribution in [0.4, 0.5) is 0 Å². The Labute approximate surface area is 169 Å². The van der Waals surface area contributed by atoms with Gasteiger partial charge in [0.15, 0.2) is 0 Å². The molecule has 0 aliphatic carbocycles. The Kier molecular flexibility index (Phi) is 8.07. The van der Waals surface area contributed by atoms with Crippen LogP contribution in [0.15, 0.2) is 109 Å². The lowest BCUT2D eigenvalue weighted by Crippen LogP contribution is -2.24. The first-order chi connectivity index (χ1) is 13.9. The first-order valence-corrected chi connectivity index (χ1v) is 9.77. The molecule has 3 rings (SSSR count). The highest BCUT2D eigenvalue weighted by Crippen LogP contribution is 2.05. The van der Waals surface area contributed by atoms with E-state index in [1.807, 2.05) is 18.2 Å². The molecule has 0 radical (unpaired) electrons. The van der Waals surface area contributed by atoms with Crippen molar-refractivity contribution in [3.8, 4) is 0 Å². The lowest BCUT2D eigenvalue weighted by Gasteiger charge is -2.16. The Morgan fingerprint density at radius 1 is 0.429 bits per heavy atom. The highest BCUT2D eigenvalue weighted by Gasteiger charge is 1.98. The largest absolute Gasteiger partial charge is 0.292 e. The van der Waals surface area contributed by atoms with Gasteiger partial charge in [-0.3, -0.25) is 4.90 Å². The molecular weight excluding hydrogens is 338 g/mol. The summed E-state index contributed by atoms with van der Waals surface area (Å²) in [4.78, 5) is 2.42. The van der Waals surface area contributed by atoms with E-state index in [4.69, 9.17) is 0 Å². The van der Waals surface area contributed by atoms with Crippen LogP contribution in [0.5, 0.6) is 0 Å². The van der Waals surface area contributed by atoms with Crippen LogP contribution < -0.4 is 0 Å². The van der Waals surface area contributed by atoms with Crippen LogP contribution in [0.2, 0.25) is 0 Å². The Balaban J connectivity index is 1.59. The van der Waals surface area contributed by atoms with Crippen molar-refractivity contribution in [1.82, 2.24) is 4.90 Å². The lowest BCUT2D eigenvalue weighted by molar-refractivity contribution is 0.374. The van der Waals surface area contributed by atoms with Crippen molar-refractivity contribution in [2.45, 2.75) is 0 Å². The fourth-order valence-electron chi connectivity index (χ4n) is 2.93. The van der Waals surface area contributed by atoms with E-state index in [0.717, 1.165) is 19.6 Å². The molecule has 0 fully saturated rings. The fourth-order valence-corrected chi connectivity index (χ4v) is 2.93. The van der Waals surface area contributed by atoms with Crippen molar-refractivity contribution in [1.29, 1.82) is 0 Å². The van der Waals surface area contributed by atoms with E-state index in [1.165, 1.54) is 16.7 Å². The van der Waals surface area contributed by atoms with Gasteiger partial charge in [0.05, 0.1) is 0 Å². The normalized spacial score (nSPS) is 11.9. The third kappa shape index (κ3) is 7.22. The molecule has 0 bridgehead atoms. The van der Waals surface area contributed by atoms with Gasteiger partial charge < -0.3 is 0 Å². The first kappa shape index (κ1) is 19.6. The maximum atomic E-state index is 2.42. The summed E-state index contributed by atoms with van der Waals surface area (Å²) in [6, 6.07) is 31.4. The van der Waals surface area contributed by atoms with Crippen LogP contribution in [0.25, 0.3) is 18.2 Å². The average Bonchev–Trinajstić information content (AvgIpc) is 2.76. The Morgan fingerprint density at radius 3 is 1.00 bits per heavy atom. The smallest absolute Gasteiger partial charge is 0.0173 e. The highest BCUT2D eigenvalue weighted by molar-refractivity contribution is 5.50. The summed E-state index contributed by atoms with van der Waals surface area (Å²) < 4.78 is 0. The molecular formula is C27H27N. The van der Waals surface area contributed by atoms with Gasteiger partial charge in [0, 0.05) is 19.6 Å². The highest BCUT2D eigenvalue weighted by atomic mass is 15.1. The van der Waals surface area contributed by atoms with Gasteiger partial charge >= 0.3 is 0 Å². The van der Waals surface area contributed by atoms with Gasteiger partial charge in [-0.2, -0.15) is 0 Å². The predicted molar refractivity (Wildman–Crippen MR) is 123 cm³/mol. The minimum atomic E-state index is 0.910. The van der Waals surface area contributed by atoms with Crippen molar-refractivity contribution in [2.24, 2.45) is 0 Å². The molecule has 3 aromatic rings. The van der Waals surface area contributed by atoms with Crippen LogP contribution in [0.3, 0.4) is 0 Å². The minimum absolute atomic E-state index is 0.910. The maximum absolute atomic E-state index is 2.42.